The Balaban J connectivity index is 2.03. The van der Waals surface area contributed by atoms with E-state index in [2.05, 4.69) is 0 Å². The van der Waals surface area contributed by atoms with Crippen LogP contribution in [0, 0.1) is 0 Å². The minimum absolute atomic E-state index is 0.0602. The van der Waals surface area contributed by atoms with Gasteiger partial charge in [-0.05, 0) is 17.7 Å². The van der Waals surface area contributed by atoms with E-state index in [1.54, 1.807) is 12.1 Å². The van der Waals surface area contributed by atoms with E-state index in [-0.39, 0.29) is 5.75 Å². The second-order valence-electron chi connectivity index (χ2n) is 5.38. The maximum absolute atomic E-state index is 11.4. The Labute approximate surface area is 131 Å². The summed E-state index contributed by atoms with van der Waals surface area (Å²) in [5.41, 5.74) is 1.07. The minimum atomic E-state index is -3.05. The molecule has 1 unspecified atom stereocenters. The maximum Gasteiger partial charge on any atom is 0.148 e. The summed E-state index contributed by atoms with van der Waals surface area (Å²) in [6.07, 6.45) is 1.95. The fraction of sp³-hybridized carbons (Fsp3) is 0.375. The number of benzene rings is 1. The first-order valence-electron chi connectivity index (χ1n) is 7.09. The molecule has 0 aliphatic rings. The molecule has 1 aromatic heterocycles. The molecule has 1 aromatic carbocycles. The van der Waals surface area contributed by atoms with Crippen LogP contribution in [-0.4, -0.2) is 43.5 Å². The van der Waals surface area contributed by atoms with Gasteiger partial charge in [0.15, 0.2) is 0 Å². The first-order chi connectivity index (χ1) is 10.4. The lowest BCUT2D eigenvalue weighted by Gasteiger charge is -2.24. The van der Waals surface area contributed by atoms with Gasteiger partial charge in [-0.25, -0.2) is 8.42 Å². The Morgan fingerprint density at radius 2 is 1.91 bits per heavy atom. The third-order valence-corrected chi connectivity index (χ3v) is 4.25. The predicted molar refractivity (Wildman–Crippen MR) is 85.1 cm³/mol. The predicted octanol–water partition coefficient (Wildman–Crippen LogP) is 1.86. The molecule has 1 atom stereocenters. The monoisotopic (exact) mass is 323 g/mol. The van der Waals surface area contributed by atoms with Gasteiger partial charge in [0, 0.05) is 25.9 Å². The molecule has 0 bridgehead atoms. The lowest BCUT2D eigenvalue weighted by molar-refractivity contribution is 0.0939. The number of rotatable bonds is 8. The van der Waals surface area contributed by atoms with Crippen molar-refractivity contribution >= 4 is 9.84 Å². The molecule has 2 aromatic rings. The average molecular weight is 323 g/mol. The molecule has 2 rings (SSSR count). The van der Waals surface area contributed by atoms with Gasteiger partial charge >= 0.3 is 0 Å². The van der Waals surface area contributed by atoms with E-state index < -0.39 is 15.9 Å². The zero-order valence-electron chi connectivity index (χ0n) is 12.6. The van der Waals surface area contributed by atoms with Crippen molar-refractivity contribution in [2.45, 2.75) is 12.6 Å². The van der Waals surface area contributed by atoms with Gasteiger partial charge in [0.2, 0.25) is 0 Å². The summed E-state index contributed by atoms with van der Waals surface area (Å²) in [4.78, 5) is 1.92. The number of sulfone groups is 1. The number of hydrogen-bond donors (Lipinski definition) is 1. The van der Waals surface area contributed by atoms with Crippen molar-refractivity contribution in [3.8, 4) is 0 Å². The molecule has 0 aliphatic heterocycles. The summed E-state index contributed by atoms with van der Waals surface area (Å²) >= 11 is 0. The molecule has 120 valence electrons. The first kappa shape index (κ1) is 16.7. The summed E-state index contributed by atoms with van der Waals surface area (Å²) in [7, 11) is -3.05. The minimum Gasteiger partial charge on any atom is -0.467 e. The third-order valence-electron chi connectivity index (χ3n) is 3.33. The van der Waals surface area contributed by atoms with Crippen molar-refractivity contribution in [1.29, 1.82) is 0 Å². The zero-order valence-corrected chi connectivity index (χ0v) is 13.4. The van der Waals surface area contributed by atoms with Gasteiger partial charge in [0.05, 0.1) is 12.0 Å². The molecule has 0 amide bonds. The molecule has 1 N–H and O–H groups in total. The topological polar surface area (TPSA) is 70.8 Å². The lowest BCUT2D eigenvalue weighted by Crippen LogP contribution is -2.32. The third kappa shape index (κ3) is 5.63. The quantitative estimate of drug-likeness (QED) is 0.803. The SMILES string of the molecule is CS(=O)(=O)CCN(Cc1ccccc1)CC(O)c1ccco1. The van der Waals surface area contributed by atoms with Crippen molar-refractivity contribution in [2.75, 3.05) is 25.1 Å². The van der Waals surface area contributed by atoms with Crippen molar-refractivity contribution in [1.82, 2.24) is 4.90 Å². The van der Waals surface area contributed by atoms with Gasteiger partial charge in [-0.3, -0.25) is 4.90 Å². The Kier molecular flexibility index (Phi) is 5.76. The van der Waals surface area contributed by atoms with Crippen LogP contribution >= 0.6 is 0 Å². The standard InChI is InChI=1S/C16H21NO4S/c1-22(19,20)11-9-17(12-14-6-3-2-4-7-14)13-15(18)16-8-5-10-21-16/h2-8,10,15,18H,9,11-13H2,1H3. The molecule has 1 heterocycles. The molecule has 22 heavy (non-hydrogen) atoms. The van der Waals surface area contributed by atoms with Crippen molar-refractivity contribution in [2.24, 2.45) is 0 Å². The largest absolute Gasteiger partial charge is 0.467 e. The van der Waals surface area contributed by atoms with Crippen LogP contribution in [0.5, 0.6) is 0 Å². The van der Waals surface area contributed by atoms with Crippen molar-refractivity contribution in [3.63, 3.8) is 0 Å². The highest BCUT2D eigenvalue weighted by molar-refractivity contribution is 7.90. The van der Waals surface area contributed by atoms with Gasteiger partial charge in [-0.2, -0.15) is 0 Å². The fourth-order valence-corrected chi connectivity index (χ4v) is 2.78. The summed E-state index contributed by atoms with van der Waals surface area (Å²) in [6.45, 7) is 1.26. The number of aliphatic hydroxyl groups is 1. The highest BCUT2D eigenvalue weighted by Gasteiger charge is 2.17. The van der Waals surface area contributed by atoms with Gasteiger partial charge < -0.3 is 9.52 Å². The summed E-state index contributed by atoms with van der Waals surface area (Å²) in [6, 6.07) is 13.2. The molecule has 0 fully saturated rings. The first-order valence-corrected chi connectivity index (χ1v) is 9.15. The highest BCUT2D eigenvalue weighted by Crippen LogP contribution is 2.16. The molecule has 0 saturated carbocycles. The maximum atomic E-state index is 11.4. The van der Waals surface area contributed by atoms with Gasteiger partial charge in [-0.1, -0.05) is 30.3 Å². The molecule has 0 radical (unpaired) electrons. The highest BCUT2D eigenvalue weighted by atomic mass is 32.2. The molecule has 6 heteroatoms. The molecular formula is C16H21NO4S. The van der Waals surface area contributed by atoms with Crippen LogP contribution in [0.25, 0.3) is 0 Å². The van der Waals surface area contributed by atoms with E-state index in [9.17, 15) is 13.5 Å². The molecule has 5 nitrogen and oxygen atoms in total. The molecular weight excluding hydrogens is 302 g/mol. The Hall–Kier alpha value is -1.63. The van der Waals surface area contributed by atoms with Crippen LogP contribution in [-0.2, 0) is 16.4 Å². The van der Waals surface area contributed by atoms with E-state index in [1.165, 1.54) is 12.5 Å². The van der Waals surface area contributed by atoms with E-state index in [0.717, 1.165) is 5.56 Å². The smallest absolute Gasteiger partial charge is 0.148 e. The van der Waals surface area contributed by atoms with Crippen molar-refractivity contribution in [3.05, 3.63) is 60.1 Å². The molecule has 0 spiro atoms. The number of aliphatic hydroxyl groups excluding tert-OH is 1. The number of furan rings is 1. The Bertz CT molecular complexity index is 653. The number of nitrogens with zero attached hydrogens (tertiary/aromatic N) is 1. The number of hydrogen-bond acceptors (Lipinski definition) is 5. The van der Waals surface area contributed by atoms with Crippen LogP contribution in [0.15, 0.2) is 53.1 Å². The summed E-state index contributed by atoms with van der Waals surface area (Å²) in [5.74, 6) is 0.544. The van der Waals surface area contributed by atoms with Crippen LogP contribution < -0.4 is 0 Å². The summed E-state index contributed by atoms with van der Waals surface area (Å²) in [5, 5.41) is 10.2. The second kappa shape index (κ2) is 7.58. The van der Waals surface area contributed by atoms with Gasteiger partial charge in [0.25, 0.3) is 0 Å². The lowest BCUT2D eigenvalue weighted by atomic mass is 10.2. The van der Waals surface area contributed by atoms with E-state index >= 15 is 0 Å². The van der Waals surface area contributed by atoms with Gasteiger partial charge in [-0.15, -0.1) is 0 Å². The Morgan fingerprint density at radius 3 is 2.50 bits per heavy atom. The molecule has 0 saturated heterocycles. The summed E-state index contributed by atoms with van der Waals surface area (Å²) < 4.78 is 28.0. The zero-order chi connectivity index (χ0) is 16.0. The van der Waals surface area contributed by atoms with Crippen molar-refractivity contribution < 1.29 is 17.9 Å². The second-order valence-corrected chi connectivity index (χ2v) is 7.64. The Morgan fingerprint density at radius 1 is 1.18 bits per heavy atom. The van der Waals surface area contributed by atoms with Crippen LogP contribution in [0.1, 0.15) is 17.4 Å². The van der Waals surface area contributed by atoms with Crippen LogP contribution in [0.4, 0.5) is 0 Å². The van der Waals surface area contributed by atoms with E-state index in [4.69, 9.17) is 4.42 Å². The fourth-order valence-electron chi connectivity index (χ4n) is 2.19. The van der Waals surface area contributed by atoms with E-state index in [1.807, 2.05) is 35.2 Å². The van der Waals surface area contributed by atoms with Crippen LogP contribution in [0.2, 0.25) is 0 Å². The van der Waals surface area contributed by atoms with E-state index in [0.29, 0.717) is 25.4 Å². The normalized spacial score (nSPS) is 13.4. The molecule has 0 aliphatic carbocycles. The van der Waals surface area contributed by atoms with Crippen LogP contribution in [0.3, 0.4) is 0 Å². The van der Waals surface area contributed by atoms with Gasteiger partial charge in [0.1, 0.15) is 21.7 Å². The average Bonchev–Trinajstić information content (AvgIpc) is 2.99.